The molecular formula is C18H19N3O2S2. The summed E-state index contributed by atoms with van der Waals surface area (Å²) in [6.07, 6.45) is 4.76. The van der Waals surface area contributed by atoms with E-state index in [-0.39, 0.29) is 5.75 Å². The average molecular weight is 374 g/mol. The van der Waals surface area contributed by atoms with Crippen molar-refractivity contribution in [1.29, 1.82) is 0 Å². The minimum absolute atomic E-state index is 0.0722. The summed E-state index contributed by atoms with van der Waals surface area (Å²) in [6.45, 7) is 1.87. The van der Waals surface area contributed by atoms with E-state index in [4.69, 9.17) is 0 Å². The van der Waals surface area contributed by atoms with Crippen molar-refractivity contribution in [2.45, 2.75) is 19.8 Å². The van der Waals surface area contributed by atoms with Gasteiger partial charge in [-0.25, -0.2) is 13.4 Å². The van der Waals surface area contributed by atoms with E-state index in [0.29, 0.717) is 11.6 Å². The maximum absolute atomic E-state index is 12.3. The normalized spacial score (nSPS) is 11.4. The molecule has 0 aliphatic heterocycles. The third kappa shape index (κ3) is 4.87. The molecule has 0 aliphatic carbocycles. The maximum atomic E-state index is 12.3. The van der Waals surface area contributed by atoms with Crippen LogP contribution in [0.15, 0.2) is 54.9 Å². The lowest BCUT2D eigenvalue weighted by molar-refractivity contribution is 0.598. The molecule has 7 heteroatoms. The summed E-state index contributed by atoms with van der Waals surface area (Å²) in [4.78, 5) is 9.36. The Hall–Kier alpha value is -2.25. The number of benzene rings is 1. The first-order valence-corrected chi connectivity index (χ1v) is 10.4. The van der Waals surface area contributed by atoms with Crippen LogP contribution >= 0.6 is 11.3 Å². The molecule has 2 aromatic heterocycles. The number of pyridine rings is 1. The smallest absolute Gasteiger partial charge is 0.234 e. The van der Waals surface area contributed by atoms with Gasteiger partial charge in [-0.05, 0) is 31.4 Å². The highest BCUT2D eigenvalue weighted by Gasteiger charge is 2.15. The Bertz CT molecular complexity index is 923. The maximum Gasteiger partial charge on any atom is 0.234 e. The summed E-state index contributed by atoms with van der Waals surface area (Å²) in [5, 5.41) is 0.399. The number of nitrogens with zero attached hydrogens (tertiary/aromatic N) is 2. The molecule has 0 amide bonds. The van der Waals surface area contributed by atoms with Gasteiger partial charge < -0.3 is 0 Å². The highest BCUT2D eigenvalue weighted by Crippen LogP contribution is 2.32. The Morgan fingerprint density at radius 3 is 2.64 bits per heavy atom. The second-order valence-corrected chi connectivity index (χ2v) is 8.53. The third-order valence-electron chi connectivity index (χ3n) is 3.68. The Morgan fingerprint density at radius 1 is 1.12 bits per heavy atom. The van der Waals surface area contributed by atoms with Gasteiger partial charge in [-0.1, -0.05) is 47.7 Å². The minimum Gasteiger partial charge on any atom is -0.264 e. The van der Waals surface area contributed by atoms with Crippen molar-refractivity contribution < 1.29 is 8.42 Å². The number of anilines is 1. The molecule has 0 bridgehead atoms. The van der Waals surface area contributed by atoms with Gasteiger partial charge in [0.05, 0.1) is 16.3 Å². The zero-order chi connectivity index (χ0) is 17.7. The van der Waals surface area contributed by atoms with Gasteiger partial charge in [0.15, 0.2) is 5.13 Å². The van der Waals surface area contributed by atoms with Crippen molar-refractivity contribution in [1.82, 2.24) is 9.97 Å². The van der Waals surface area contributed by atoms with Crippen molar-refractivity contribution >= 4 is 26.5 Å². The molecule has 25 heavy (non-hydrogen) atoms. The number of thiazole rings is 1. The molecule has 0 atom stereocenters. The molecule has 130 valence electrons. The van der Waals surface area contributed by atoms with E-state index < -0.39 is 10.0 Å². The zero-order valence-corrected chi connectivity index (χ0v) is 15.5. The largest absolute Gasteiger partial charge is 0.264 e. The molecule has 0 radical (unpaired) electrons. The summed E-state index contributed by atoms with van der Waals surface area (Å²) in [6, 6.07) is 13.7. The monoisotopic (exact) mass is 373 g/mol. The lowest BCUT2D eigenvalue weighted by Gasteiger charge is -2.05. The van der Waals surface area contributed by atoms with Crippen LogP contribution in [0.25, 0.3) is 10.4 Å². The highest BCUT2D eigenvalue weighted by molar-refractivity contribution is 7.92. The number of aromatic nitrogens is 2. The predicted octanol–water partition coefficient (Wildman–Crippen LogP) is 3.89. The lowest BCUT2D eigenvalue weighted by Crippen LogP contribution is -2.17. The van der Waals surface area contributed by atoms with Crippen LogP contribution in [0.3, 0.4) is 0 Å². The minimum atomic E-state index is -3.41. The van der Waals surface area contributed by atoms with E-state index in [1.807, 2.05) is 49.4 Å². The van der Waals surface area contributed by atoms with Gasteiger partial charge in [0.1, 0.15) is 0 Å². The Labute approximate surface area is 151 Å². The van der Waals surface area contributed by atoms with E-state index in [1.165, 1.54) is 11.3 Å². The molecule has 0 aliphatic rings. The van der Waals surface area contributed by atoms with E-state index in [1.54, 1.807) is 12.4 Å². The molecule has 0 unspecified atom stereocenters. The number of hydrogen-bond donors (Lipinski definition) is 1. The highest BCUT2D eigenvalue weighted by atomic mass is 32.2. The van der Waals surface area contributed by atoms with Crippen LogP contribution in [0.5, 0.6) is 0 Å². The zero-order valence-electron chi connectivity index (χ0n) is 13.8. The van der Waals surface area contributed by atoms with E-state index in [0.717, 1.165) is 28.1 Å². The topological polar surface area (TPSA) is 72.0 Å². The number of rotatable bonds is 7. The quantitative estimate of drug-likeness (QED) is 0.682. The van der Waals surface area contributed by atoms with Gasteiger partial charge in [0.2, 0.25) is 10.0 Å². The van der Waals surface area contributed by atoms with Crippen LogP contribution in [-0.4, -0.2) is 24.1 Å². The van der Waals surface area contributed by atoms with Gasteiger partial charge in [-0.2, -0.15) is 0 Å². The van der Waals surface area contributed by atoms with Gasteiger partial charge in [-0.3, -0.25) is 9.71 Å². The average Bonchev–Trinajstić information content (AvgIpc) is 2.96. The second-order valence-electron chi connectivity index (χ2n) is 5.69. The molecule has 0 spiro atoms. The molecule has 0 saturated carbocycles. The van der Waals surface area contributed by atoms with Crippen LogP contribution in [0.4, 0.5) is 5.13 Å². The summed E-state index contributed by atoms with van der Waals surface area (Å²) in [5.74, 6) is 0.0722. The fraction of sp³-hybridized carbons (Fsp3) is 0.222. The summed E-state index contributed by atoms with van der Waals surface area (Å²) in [5.41, 5.74) is 2.87. The lowest BCUT2D eigenvalue weighted by atomic mass is 10.1. The first-order chi connectivity index (χ1) is 12.0. The van der Waals surface area contributed by atoms with Crippen LogP contribution in [0.1, 0.15) is 17.7 Å². The number of nitrogens with one attached hydrogen (secondary N) is 1. The van der Waals surface area contributed by atoms with Crippen molar-refractivity contribution in [2.24, 2.45) is 0 Å². The molecule has 1 N–H and O–H groups in total. The first-order valence-electron chi connectivity index (χ1n) is 7.96. The van der Waals surface area contributed by atoms with Crippen LogP contribution < -0.4 is 4.72 Å². The van der Waals surface area contributed by atoms with Crippen LogP contribution in [0, 0.1) is 6.92 Å². The molecule has 2 heterocycles. The van der Waals surface area contributed by atoms with E-state index in [9.17, 15) is 8.42 Å². The summed E-state index contributed by atoms with van der Waals surface area (Å²) < 4.78 is 27.2. The second kappa shape index (κ2) is 7.76. The van der Waals surface area contributed by atoms with Gasteiger partial charge >= 0.3 is 0 Å². The molecule has 0 saturated heterocycles. The Morgan fingerprint density at radius 2 is 1.92 bits per heavy atom. The molecule has 0 fully saturated rings. The van der Waals surface area contributed by atoms with Crippen LogP contribution in [0.2, 0.25) is 0 Å². The van der Waals surface area contributed by atoms with Crippen molar-refractivity contribution in [3.63, 3.8) is 0 Å². The SMILES string of the molecule is Cc1nc(NS(=O)(=O)CCCc2ccccc2)sc1-c1cccnc1. The first kappa shape index (κ1) is 17.6. The fourth-order valence-electron chi connectivity index (χ4n) is 2.50. The summed E-state index contributed by atoms with van der Waals surface area (Å²) >= 11 is 1.33. The Kier molecular flexibility index (Phi) is 5.45. The van der Waals surface area contributed by atoms with Crippen molar-refractivity contribution in [2.75, 3.05) is 10.5 Å². The number of hydrogen-bond acceptors (Lipinski definition) is 5. The molecule has 1 aromatic carbocycles. The standard InChI is InChI=1S/C18H19N3O2S2/c1-14-17(16-10-5-11-19-13-16)24-18(20-14)21-25(22,23)12-6-9-15-7-3-2-4-8-15/h2-5,7-8,10-11,13H,6,9,12H2,1H3,(H,20,21). The summed E-state index contributed by atoms with van der Waals surface area (Å²) in [7, 11) is -3.41. The van der Waals surface area contributed by atoms with E-state index >= 15 is 0 Å². The fourth-order valence-corrected chi connectivity index (χ4v) is 4.79. The number of sulfonamides is 1. The molecular weight excluding hydrogens is 354 g/mol. The number of aryl methyl sites for hydroxylation is 2. The van der Waals surface area contributed by atoms with Gasteiger partial charge in [-0.15, -0.1) is 0 Å². The van der Waals surface area contributed by atoms with Crippen molar-refractivity contribution in [3.05, 3.63) is 66.1 Å². The van der Waals surface area contributed by atoms with Crippen LogP contribution in [-0.2, 0) is 16.4 Å². The predicted molar refractivity (Wildman–Crippen MR) is 102 cm³/mol. The Balaban J connectivity index is 1.63. The van der Waals surface area contributed by atoms with Crippen molar-refractivity contribution in [3.8, 4) is 10.4 Å². The van der Waals surface area contributed by atoms with E-state index in [2.05, 4.69) is 14.7 Å². The molecule has 5 nitrogen and oxygen atoms in total. The van der Waals surface area contributed by atoms with Gasteiger partial charge in [0.25, 0.3) is 0 Å². The molecule has 3 aromatic rings. The third-order valence-corrected chi connectivity index (χ3v) is 6.27. The van der Waals surface area contributed by atoms with Gasteiger partial charge in [0, 0.05) is 18.0 Å². The molecule has 3 rings (SSSR count).